The van der Waals surface area contributed by atoms with Crippen LogP contribution in [0.1, 0.15) is 5.56 Å². The van der Waals surface area contributed by atoms with Gasteiger partial charge in [-0.05, 0) is 64.2 Å². The van der Waals surface area contributed by atoms with Crippen LogP contribution in [0.2, 0.25) is 0 Å². The summed E-state index contributed by atoms with van der Waals surface area (Å²) in [5.41, 5.74) is 1.57. The summed E-state index contributed by atoms with van der Waals surface area (Å²) in [5.74, 6) is -0.107. The highest BCUT2D eigenvalue weighted by molar-refractivity contribution is 9.10. The fraction of sp³-hybridized carbons (Fsp3) is 0.150. The van der Waals surface area contributed by atoms with Crippen LogP contribution in [-0.4, -0.2) is 36.2 Å². The molecule has 1 fully saturated rings. The molecule has 0 atom stereocenters. The summed E-state index contributed by atoms with van der Waals surface area (Å²) >= 11 is 11.7. The summed E-state index contributed by atoms with van der Waals surface area (Å²) < 4.78 is 11.1. The standard InChI is InChI=1S/C20H16BrNO4S3/c1-25-18(23)11-26-16-7-6-12(8-15(16)21)9-17-19(24)22(20(27)29-17)13-4-3-5-14(10-13)28-2/h3-10H,11H2,1-2H3/b17-9+. The number of ether oxygens (including phenoxy) is 2. The minimum atomic E-state index is -0.463. The van der Waals surface area contributed by atoms with Crippen molar-refractivity contribution in [2.24, 2.45) is 0 Å². The molecule has 9 heteroatoms. The summed E-state index contributed by atoms with van der Waals surface area (Å²) in [7, 11) is 1.30. The SMILES string of the molecule is COC(=O)COc1ccc(/C=C2/SC(=S)N(c3cccc(SC)c3)C2=O)cc1Br. The van der Waals surface area contributed by atoms with Gasteiger partial charge < -0.3 is 9.47 Å². The molecule has 1 saturated heterocycles. The number of carbonyl (C=O) groups excluding carboxylic acids is 2. The molecule has 0 N–H and O–H groups in total. The van der Waals surface area contributed by atoms with Gasteiger partial charge in [0.2, 0.25) is 0 Å². The second-order valence-corrected chi connectivity index (χ2v) is 9.18. The van der Waals surface area contributed by atoms with Crippen LogP contribution in [0.3, 0.4) is 0 Å². The zero-order chi connectivity index (χ0) is 21.0. The lowest BCUT2D eigenvalue weighted by Crippen LogP contribution is -2.27. The minimum absolute atomic E-state index is 0.152. The van der Waals surface area contributed by atoms with Gasteiger partial charge in [0.05, 0.1) is 22.2 Å². The number of methoxy groups -OCH3 is 1. The highest BCUT2D eigenvalue weighted by atomic mass is 79.9. The van der Waals surface area contributed by atoms with Crippen molar-refractivity contribution in [3.05, 3.63) is 57.4 Å². The first-order valence-corrected chi connectivity index (χ1v) is 11.6. The molecule has 0 spiro atoms. The van der Waals surface area contributed by atoms with Crippen LogP contribution < -0.4 is 9.64 Å². The number of nitrogens with zero attached hydrogens (tertiary/aromatic N) is 1. The molecule has 0 aliphatic carbocycles. The van der Waals surface area contributed by atoms with E-state index < -0.39 is 5.97 Å². The van der Waals surface area contributed by atoms with Gasteiger partial charge in [0.25, 0.3) is 5.91 Å². The van der Waals surface area contributed by atoms with Gasteiger partial charge in [-0.2, -0.15) is 0 Å². The van der Waals surface area contributed by atoms with Crippen molar-refractivity contribution in [2.45, 2.75) is 4.90 Å². The van der Waals surface area contributed by atoms with E-state index in [9.17, 15) is 9.59 Å². The summed E-state index contributed by atoms with van der Waals surface area (Å²) in [6.07, 6.45) is 3.77. The molecule has 1 amide bonds. The van der Waals surface area contributed by atoms with Crippen molar-refractivity contribution >= 4 is 79.6 Å². The second-order valence-electron chi connectivity index (χ2n) is 5.77. The number of thioether (sulfide) groups is 2. The second kappa shape index (κ2) is 9.80. The maximum absolute atomic E-state index is 12.9. The molecule has 29 heavy (non-hydrogen) atoms. The number of thiocarbonyl (C=S) groups is 1. The number of rotatable bonds is 6. The average molecular weight is 510 g/mol. The van der Waals surface area contributed by atoms with Crippen molar-refractivity contribution in [1.29, 1.82) is 0 Å². The quantitative estimate of drug-likeness (QED) is 0.231. The van der Waals surface area contributed by atoms with Gasteiger partial charge in [-0.3, -0.25) is 9.69 Å². The zero-order valence-electron chi connectivity index (χ0n) is 15.5. The lowest BCUT2D eigenvalue weighted by molar-refractivity contribution is -0.142. The van der Waals surface area contributed by atoms with Crippen molar-refractivity contribution in [3.8, 4) is 5.75 Å². The normalized spacial score (nSPS) is 15.1. The number of amides is 1. The molecule has 5 nitrogen and oxygen atoms in total. The van der Waals surface area contributed by atoms with Gasteiger partial charge in [0.1, 0.15) is 5.75 Å². The van der Waals surface area contributed by atoms with Crippen molar-refractivity contribution in [3.63, 3.8) is 0 Å². The third-order valence-electron chi connectivity index (χ3n) is 3.93. The number of hydrogen-bond donors (Lipinski definition) is 0. The third kappa shape index (κ3) is 5.22. The molecule has 1 aliphatic rings. The predicted octanol–water partition coefficient (Wildman–Crippen LogP) is 5.13. The summed E-state index contributed by atoms with van der Waals surface area (Å²) in [5, 5.41) is 0. The van der Waals surface area contributed by atoms with Gasteiger partial charge in [0.15, 0.2) is 10.9 Å². The van der Waals surface area contributed by atoms with Gasteiger partial charge in [0, 0.05) is 4.90 Å². The maximum atomic E-state index is 12.9. The average Bonchev–Trinajstić information content (AvgIpc) is 3.00. The van der Waals surface area contributed by atoms with Crippen LogP contribution in [0, 0.1) is 0 Å². The molecule has 3 rings (SSSR count). The Morgan fingerprint density at radius 2 is 2.10 bits per heavy atom. The molecule has 0 unspecified atom stereocenters. The molecule has 2 aromatic carbocycles. The van der Waals surface area contributed by atoms with E-state index in [-0.39, 0.29) is 12.5 Å². The van der Waals surface area contributed by atoms with Crippen LogP contribution in [0.15, 0.2) is 56.7 Å². The third-order valence-corrected chi connectivity index (χ3v) is 6.58. The lowest BCUT2D eigenvalue weighted by atomic mass is 10.2. The zero-order valence-corrected chi connectivity index (χ0v) is 19.5. The first-order chi connectivity index (χ1) is 13.9. The largest absolute Gasteiger partial charge is 0.481 e. The number of benzene rings is 2. The Kier molecular flexibility index (Phi) is 7.39. The van der Waals surface area contributed by atoms with Crippen LogP contribution >= 0.6 is 51.7 Å². The molecule has 1 aliphatic heterocycles. The number of halogens is 1. The van der Waals surface area contributed by atoms with Crippen LogP contribution in [-0.2, 0) is 14.3 Å². The highest BCUT2D eigenvalue weighted by Crippen LogP contribution is 2.37. The van der Waals surface area contributed by atoms with Gasteiger partial charge in [-0.25, -0.2) is 4.79 Å². The Balaban J connectivity index is 1.80. The predicted molar refractivity (Wildman–Crippen MR) is 126 cm³/mol. The molecular weight excluding hydrogens is 494 g/mol. The molecule has 0 radical (unpaired) electrons. The van der Waals surface area contributed by atoms with Gasteiger partial charge in [-0.15, -0.1) is 11.8 Å². The first kappa shape index (κ1) is 21.9. The Bertz CT molecular complexity index is 1010. The fourth-order valence-electron chi connectivity index (χ4n) is 2.51. The van der Waals surface area contributed by atoms with E-state index in [0.29, 0.717) is 19.4 Å². The monoisotopic (exact) mass is 509 g/mol. The summed E-state index contributed by atoms with van der Waals surface area (Å²) in [6, 6.07) is 13.1. The van der Waals surface area contributed by atoms with Crippen LogP contribution in [0.5, 0.6) is 5.75 Å². The number of anilines is 1. The Morgan fingerprint density at radius 3 is 2.79 bits per heavy atom. The van der Waals surface area contributed by atoms with E-state index in [0.717, 1.165) is 16.1 Å². The van der Waals surface area contributed by atoms with E-state index in [4.69, 9.17) is 17.0 Å². The molecule has 1 heterocycles. The van der Waals surface area contributed by atoms with Gasteiger partial charge in [-0.1, -0.05) is 36.1 Å². The van der Waals surface area contributed by atoms with Crippen LogP contribution in [0.25, 0.3) is 6.08 Å². The lowest BCUT2D eigenvalue weighted by Gasteiger charge is -2.15. The Labute approximate surface area is 190 Å². The molecular formula is C20H16BrNO4S3. The highest BCUT2D eigenvalue weighted by Gasteiger charge is 2.33. The molecule has 150 valence electrons. The molecule has 0 bridgehead atoms. The Hall–Kier alpha value is -1.81. The minimum Gasteiger partial charge on any atom is -0.481 e. The topological polar surface area (TPSA) is 55.8 Å². The summed E-state index contributed by atoms with van der Waals surface area (Å²) in [4.78, 5) is 27.3. The molecule has 2 aromatic rings. The fourth-order valence-corrected chi connectivity index (χ4v) is 4.77. The van der Waals surface area contributed by atoms with E-state index >= 15 is 0 Å². The van der Waals surface area contributed by atoms with E-state index in [2.05, 4.69) is 20.7 Å². The number of esters is 1. The van der Waals surface area contributed by atoms with Crippen molar-refractivity contribution < 1.29 is 19.1 Å². The number of hydrogen-bond acceptors (Lipinski definition) is 7. The van der Waals surface area contributed by atoms with E-state index in [1.165, 1.54) is 18.9 Å². The van der Waals surface area contributed by atoms with Crippen LogP contribution in [0.4, 0.5) is 5.69 Å². The van der Waals surface area contributed by atoms with Gasteiger partial charge >= 0.3 is 5.97 Å². The molecule has 0 saturated carbocycles. The van der Waals surface area contributed by atoms with E-state index in [1.54, 1.807) is 34.9 Å². The van der Waals surface area contributed by atoms with Crippen molar-refractivity contribution in [2.75, 3.05) is 24.9 Å². The smallest absolute Gasteiger partial charge is 0.343 e. The number of carbonyl (C=O) groups is 2. The summed E-state index contributed by atoms with van der Waals surface area (Å²) in [6.45, 7) is -0.178. The molecule has 0 aromatic heterocycles. The Morgan fingerprint density at radius 1 is 1.31 bits per heavy atom. The first-order valence-electron chi connectivity index (χ1n) is 8.34. The maximum Gasteiger partial charge on any atom is 0.343 e. The van der Waals surface area contributed by atoms with Crippen molar-refractivity contribution in [1.82, 2.24) is 0 Å². The van der Waals surface area contributed by atoms with E-state index in [1.807, 2.05) is 36.6 Å².